The van der Waals surface area contributed by atoms with Crippen LogP contribution in [0.4, 0.5) is 51.3 Å². The van der Waals surface area contributed by atoms with Gasteiger partial charge in [0.25, 0.3) is 0 Å². The van der Waals surface area contributed by atoms with Gasteiger partial charge in [-0.25, -0.2) is 4.98 Å². The van der Waals surface area contributed by atoms with Gasteiger partial charge in [0.2, 0.25) is 5.78 Å². The Kier molecular flexibility index (Phi) is 29.2. The number of ketones is 2. The number of carbonyl (C=O) groups excluding carboxylic acids is 2. The number of hydrogen-bond donors (Lipinski definition) is 4. The summed E-state index contributed by atoms with van der Waals surface area (Å²) < 4.78 is 57.1. The number of nitrogen functional groups attached to an aromatic ring is 1. The second-order valence-corrected chi connectivity index (χ2v) is 19.9. The van der Waals surface area contributed by atoms with Gasteiger partial charge in [0.1, 0.15) is 22.2 Å². The minimum Gasteiger partial charge on any atom is -0.435 e. The molecule has 5 aromatic rings. The van der Waals surface area contributed by atoms with Crippen molar-refractivity contribution in [3.05, 3.63) is 113 Å². The Hall–Kier alpha value is -5.09. The van der Waals surface area contributed by atoms with Crippen molar-refractivity contribution >= 4 is 117 Å². The fourth-order valence-corrected chi connectivity index (χ4v) is 9.39. The molecule has 14 nitrogen and oxygen atoms in total. The molecule has 75 heavy (non-hydrogen) atoms. The molecule has 2 aliphatic heterocycles. The molecule has 2 fully saturated rings. The summed E-state index contributed by atoms with van der Waals surface area (Å²) in [4.78, 5) is 42.5. The van der Waals surface area contributed by atoms with E-state index in [1.54, 1.807) is 6.07 Å². The average Bonchev–Trinajstić information content (AvgIpc) is 3.73. The van der Waals surface area contributed by atoms with Crippen molar-refractivity contribution < 1.29 is 36.6 Å². The molecule has 412 valence electrons. The number of carbonyl (C=O) groups is 2. The Morgan fingerprint density at radius 3 is 1.65 bits per heavy atom. The van der Waals surface area contributed by atoms with Crippen LogP contribution in [0, 0.1) is 0 Å². The largest absolute Gasteiger partial charge is 0.435 e. The third kappa shape index (κ3) is 21.5. The highest BCUT2D eigenvalue weighted by Gasteiger charge is 2.22. The van der Waals surface area contributed by atoms with Gasteiger partial charge >= 0.3 is 13.2 Å². The van der Waals surface area contributed by atoms with E-state index in [9.17, 15) is 27.2 Å². The van der Waals surface area contributed by atoms with Gasteiger partial charge in [-0.05, 0) is 118 Å². The number of ether oxygens (including phenoxy) is 2. The fourth-order valence-electron chi connectivity index (χ4n) is 7.47. The molecule has 4 aromatic carbocycles. The summed E-state index contributed by atoms with van der Waals surface area (Å²) in [5, 5.41) is 7.81. The number of thioether (sulfide) groups is 1. The molecule has 0 bridgehead atoms. The summed E-state index contributed by atoms with van der Waals surface area (Å²) in [6.07, 6.45) is 0. The number of amidine groups is 1. The van der Waals surface area contributed by atoms with Crippen molar-refractivity contribution in [2.75, 3.05) is 89.6 Å². The highest BCUT2D eigenvalue weighted by atomic mass is 79.9. The number of anilines is 6. The lowest BCUT2D eigenvalue weighted by atomic mass is 10.1. The molecule has 0 spiro atoms. The van der Waals surface area contributed by atoms with Crippen LogP contribution in [0.5, 0.6) is 11.5 Å². The number of aromatic nitrogens is 1. The van der Waals surface area contributed by atoms with Crippen LogP contribution in [0.3, 0.4) is 0 Å². The number of thiocarbonyl (C=S) groups is 1. The van der Waals surface area contributed by atoms with E-state index >= 15 is 0 Å². The molecule has 0 aliphatic carbocycles. The van der Waals surface area contributed by atoms with Crippen LogP contribution in [-0.4, -0.2) is 125 Å². The van der Waals surface area contributed by atoms with E-state index in [0.29, 0.717) is 33.1 Å². The molecule has 0 amide bonds. The normalized spacial score (nSPS) is 13.8. The monoisotopic (exact) mass is 1180 g/mol. The molecule has 1 unspecified atom stereocenters. The molecule has 3 heterocycles. The Balaban J connectivity index is 0.000000411. The van der Waals surface area contributed by atoms with Crippen molar-refractivity contribution in [2.45, 2.75) is 74.8 Å². The first-order valence-corrected chi connectivity index (χ1v) is 26.5. The molecule has 6 N–H and O–H groups in total. The Bertz CT molecular complexity index is 2550. The van der Waals surface area contributed by atoms with Gasteiger partial charge in [-0.3, -0.25) is 19.4 Å². The van der Waals surface area contributed by atoms with Crippen molar-refractivity contribution in [3.63, 3.8) is 0 Å². The second-order valence-electron chi connectivity index (χ2n) is 16.7. The lowest BCUT2D eigenvalue weighted by Gasteiger charge is -2.38. The van der Waals surface area contributed by atoms with E-state index in [2.05, 4.69) is 118 Å². The minimum atomic E-state index is -2.97. The molecule has 0 radical (unpaired) electrons. The van der Waals surface area contributed by atoms with Gasteiger partial charge in [-0.15, -0.1) is 0 Å². The molecular formula is C52H72BrF4N10O4PS3. The quantitative estimate of drug-likeness (QED) is 0.0140. The number of hydrogen-bond acceptors (Lipinski definition) is 14. The van der Waals surface area contributed by atoms with Crippen molar-refractivity contribution in [2.24, 2.45) is 10.7 Å². The first-order valence-electron chi connectivity index (χ1n) is 23.2. The number of benzene rings is 4. The first-order chi connectivity index (χ1) is 34.4. The predicted molar refractivity (Wildman–Crippen MR) is 319 cm³/mol. The molecule has 7 rings (SSSR count). The van der Waals surface area contributed by atoms with Crippen LogP contribution in [-0.2, 0) is 0 Å². The molecule has 2 aliphatic rings. The summed E-state index contributed by atoms with van der Waals surface area (Å²) in [5.41, 5.74) is 16.5. The Morgan fingerprint density at radius 1 is 0.760 bits per heavy atom. The summed E-state index contributed by atoms with van der Waals surface area (Å²) in [6.45, 7) is 13.6. The maximum atomic E-state index is 12.9. The lowest BCUT2D eigenvalue weighted by molar-refractivity contribution is -0.0505. The van der Waals surface area contributed by atoms with E-state index in [1.165, 1.54) is 59.9 Å². The number of aliphatic imine (C=N–C) groups is 1. The third-order valence-electron chi connectivity index (χ3n) is 11.2. The summed E-state index contributed by atoms with van der Waals surface area (Å²) in [7, 11) is 0. The Morgan fingerprint density at radius 2 is 1.21 bits per heavy atom. The van der Waals surface area contributed by atoms with Gasteiger partial charge in [-0.2, -0.15) is 32.5 Å². The fraction of sp³-hybridized carbons (Fsp3) is 0.404. The highest BCUT2D eigenvalue weighted by Crippen LogP contribution is 2.32. The standard InChI is InChI=1S/C24H27F2N5O2S.C17H27N5S2.C9H7BrF2O2.2CH4.H3P/c1-15(2)30-10-12-31(13-11-30)18-8-6-17(7-9-18)28-24-29-22(27)21(34-24)20(32)16-4-3-5-19(14-16)33-23(25)26;1-4-24-16(18)20-17(23)19-14-5-7-15(8-6-14)22-11-9-21(10-12-22)13(2)3;10-5-8(13)6-2-1-3-7(4-6)14-9(11)12;;;/h3-9,14-15,23H,10-13,27H2,1-2H3,(H,28,29);5-8,13H,4,9-12H2,1-3H3,(H3,18,19,20,23);1-4,9H,5H2;2*1H4;1H3. The van der Waals surface area contributed by atoms with Gasteiger partial charge in [0.15, 0.2) is 21.2 Å². The SMILES string of the molecule is C.C.CC(C)N1CCN(c2ccc(Nc3nc(N)c(C(=O)c4cccc(OC(F)F)c4)s3)cc2)CC1.CCSC(N)=NC(=S)Nc1ccc(N2CCN(C(C)C)CC2)cc1.O=C(CBr)c1cccc(OC(F)F)c1.P. The number of thiazole rings is 1. The smallest absolute Gasteiger partial charge is 0.387 e. The van der Waals surface area contributed by atoms with Crippen LogP contribution < -0.4 is 41.4 Å². The van der Waals surface area contributed by atoms with Gasteiger partial charge in [0, 0.05) is 98.3 Å². The van der Waals surface area contributed by atoms with E-state index in [4.69, 9.17) is 23.7 Å². The van der Waals surface area contributed by atoms with Crippen LogP contribution >= 0.6 is 61.1 Å². The van der Waals surface area contributed by atoms with E-state index in [0.717, 1.165) is 86.5 Å². The number of halogens is 5. The first kappa shape index (κ1) is 66.0. The van der Waals surface area contributed by atoms with Crippen molar-refractivity contribution in [1.82, 2.24) is 14.8 Å². The molecular weight excluding hydrogens is 1110 g/mol. The predicted octanol–water partition coefficient (Wildman–Crippen LogP) is 12.0. The average molecular weight is 1180 g/mol. The van der Waals surface area contributed by atoms with Crippen LogP contribution in [0.15, 0.2) is 102 Å². The van der Waals surface area contributed by atoms with E-state index in [-0.39, 0.29) is 63.6 Å². The maximum Gasteiger partial charge on any atom is 0.387 e. The zero-order valence-electron chi connectivity index (χ0n) is 41.4. The minimum absolute atomic E-state index is 0. The summed E-state index contributed by atoms with van der Waals surface area (Å²) in [6, 6.07) is 28.9. The van der Waals surface area contributed by atoms with Crippen LogP contribution in [0.1, 0.15) is 75.1 Å². The Labute approximate surface area is 465 Å². The maximum absolute atomic E-state index is 12.9. The van der Waals surface area contributed by atoms with E-state index in [1.807, 2.05) is 31.2 Å². The number of Topliss-reactive ketones (excluding diaryl/α,β-unsaturated/α-hetero) is 1. The van der Waals surface area contributed by atoms with Crippen LogP contribution in [0.25, 0.3) is 0 Å². The molecule has 1 aromatic heterocycles. The van der Waals surface area contributed by atoms with Crippen molar-refractivity contribution in [1.29, 1.82) is 0 Å². The van der Waals surface area contributed by atoms with Crippen molar-refractivity contribution in [3.8, 4) is 11.5 Å². The van der Waals surface area contributed by atoms with Gasteiger partial charge in [0.05, 0.1) is 5.33 Å². The molecule has 23 heteroatoms. The summed E-state index contributed by atoms with van der Waals surface area (Å²) in [5.74, 6) is 0.289. The number of piperazine rings is 2. The zero-order chi connectivity index (χ0) is 52.3. The lowest BCUT2D eigenvalue weighted by Crippen LogP contribution is -2.48. The topological polar surface area (TPSA) is 167 Å². The number of nitrogens with zero attached hydrogens (tertiary/aromatic N) is 6. The van der Waals surface area contributed by atoms with Crippen LogP contribution in [0.2, 0.25) is 0 Å². The summed E-state index contributed by atoms with van der Waals surface area (Å²) >= 11 is 10.8. The van der Waals surface area contributed by atoms with E-state index < -0.39 is 19.0 Å². The zero-order valence-corrected chi connectivity index (χ0v) is 46.9. The van der Waals surface area contributed by atoms with Gasteiger partial charge < -0.3 is 41.4 Å². The van der Waals surface area contributed by atoms with Gasteiger partial charge in [-0.1, -0.05) is 85.1 Å². The molecule has 2 saturated heterocycles. The number of nitrogens with one attached hydrogen (secondary N) is 2. The third-order valence-corrected chi connectivity index (χ3v) is 13.6. The number of alkyl halides is 5. The molecule has 1 atom stereocenters. The molecule has 0 saturated carbocycles. The highest BCUT2D eigenvalue weighted by molar-refractivity contribution is 9.09. The second kappa shape index (κ2) is 33.2. The number of nitrogens with two attached hydrogens (primary N) is 2. The number of rotatable bonds is 16.